The Morgan fingerprint density at radius 1 is 1.07 bits per heavy atom. The summed E-state index contributed by atoms with van der Waals surface area (Å²) in [7, 11) is -0.971. The average Bonchev–Trinajstić information content (AvgIpc) is 3.05. The number of ether oxygens (including phenoxy) is 1. The molecule has 3 heterocycles. The van der Waals surface area contributed by atoms with E-state index in [0.717, 1.165) is 55.8 Å². The van der Waals surface area contributed by atoms with Gasteiger partial charge in [-0.25, -0.2) is 4.39 Å². The number of H-pyrrole nitrogens is 1. The summed E-state index contributed by atoms with van der Waals surface area (Å²) in [5.74, 6) is 0.754. The van der Waals surface area contributed by atoms with Gasteiger partial charge < -0.3 is 14.0 Å². The van der Waals surface area contributed by atoms with Crippen molar-refractivity contribution in [1.82, 2.24) is 10.2 Å². The lowest BCUT2D eigenvalue weighted by Gasteiger charge is -2.32. The number of rotatable bonds is 4. The second-order valence-electron chi connectivity index (χ2n) is 9.07. The van der Waals surface area contributed by atoms with Gasteiger partial charge in [-0.15, -0.1) is 0 Å². The van der Waals surface area contributed by atoms with Crippen LogP contribution < -0.4 is 0 Å². The monoisotopic (exact) mass is 376 g/mol. The van der Waals surface area contributed by atoms with Crippen LogP contribution in [0.3, 0.4) is 0 Å². The molecule has 1 saturated carbocycles. The molecule has 0 atom stereocenters. The molecule has 1 aromatic rings. The van der Waals surface area contributed by atoms with Gasteiger partial charge in [0, 0.05) is 36.3 Å². The summed E-state index contributed by atoms with van der Waals surface area (Å²) >= 11 is 0. The molecule has 2 saturated heterocycles. The Labute approximate surface area is 161 Å². The van der Waals surface area contributed by atoms with Gasteiger partial charge in [0.05, 0.1) is 16.9 Å². The molecule has 27 heavy (non-hydrogen) atoms. The number of halogens is 1. The van der Waals surface area contributed by atoms with E-state index in [2.05, 4.69) is 10.2 Å². The smallest absolute Gasteiger partial charge is 0.398 e. The Balaban J connectivity index is 1.65. The lowest BCUT2D eigenvalue weighted by atomic mass is 9.79. The molecule has 3 aliphatic rings. The van der Waals surface area contributed by atoms with Gasteiger partial charge in [0.2, 0.25) is 0 Å². The summed E-state index contributed by atoms with van der Waals surface area (Å²) in [4.78, 5) is 0. The molecule has 4 rings (SSSR count). The molecule has 0 amide bonds. The molecule has 1 N–H and O–H groups in total. The van der Waals surface area contributed by atoms with Crippen LogP contribution >= 0.6 is 0 Å². The molecule has 7 heteroatoms. The fourth-order valence-corrected chi connectivity index (χ4v) is 3.98. The van der Waals surface area contributed by atoms with Crippen molar-refractivity contribution in [2.24, 2.45) is 0 Å². The lowest BCUT2D eigenvalue weighted by molar-refractivity contribution is 0.00578. The molecule has 0 aromatic carbocycles. The Hall–Kier alpha value is -1.18. The average molecular weight is 376 g/mol. The van der Waals surface area contributed by atoms with Gasteiger partial charge in [-0.3, -0.25) is 5.10 Å². The molecule has 148 valence electrons. The Bertz CT molecular complexity index is 705. The highest BCUT2D eigenvalue weighted by molar-refractivity contribution is 6.54. The van der Waals surface area contributed by atoms with E-state index < -0.39 is 18.3 Å². The van der Waals surface area contributed by atoms with Crippen LogP contribution in [-0.2, 0) is 14.0 Å². The third-order valence-corrected chi connectivity index (χ3v) is 6.74. The van der Waals surface area contributed by atoms with E-state index in [1.165, 1.54) is 6.42 Å². The largest absolute Gasteiger partial charge is 0.525 e. The fourth-order valence-electron chi connectivity index (χ4n) is 3.98. The van der Waals surface area contributed by atoms with Crippen LogP contribution in [0.2, 0.25) is 0 Å². The summed E-state index contributed by atoms with van der Waals surface area (Å²) in [5.41, 5.74) is 1.43. The van der Waals surface area contributed by atoms with Crippen molar-refractivity contribution < 1.29 is 18.4 Å². The van der Waals surface area contributed by atoms with Gasteiger partial charge >= 0.3 is 7.12 Å². The van der Waals surface area contributed by atoms with Crippen LogP contribution in [0.15, 0.2) is 5.73 Å². The Morgan fingerprint density at radius 3 is 2.26 bits per heavy atom. The fraction of sp³-hybridized carbons (Fsp3) is 0.750. The summed E-state index contributed by atoms with van der Waals surface area (Å²) in [5, 5.41) is 7.81. The highest BCUT2D eigenvalue weighted by atomic mass is 19.1. The third-order valence-electron chi connectivity index (χ3n) is 6.74. The van der Waals surface area contributed by atoms with Crippen molar-refractivity contribution in [2.45, 2.75) is 82.8 Å². The second kappa shape index (κ2) is 7.01. The predicted molar refractivity (Wildman–Crippen MR) is 103 cm³/mol. The maximum atomic E-state index is 15.2. The van der Waals surface area contributed by atoms with Crippen molar-refractivity contribution in [3.63, 3.8) is 0 Å². The van der Waals surface area contributed by atoms with Gasteiger partial charge in [0.25, 0.3) is 0 Å². The first-order valence-electron chi connectivity index (χ1n) is 10.2. The van der Waals surface area contributed by atoms with Gasteiger partial charge in [0.1, 0.15) is 5.73 Å². The van der Waals surface area contributed by atoms with E-state index in [9.17, 15) is 0 Å². The van der Waals surface area contributed by atoms with Crippen LogP contribution in [0, 0.1) is 0 Å². The zero-order valence-electron chi connectivity index (χ0n) is 16.8. The first kappa shape index (κ1) is 19.2. The van der Waals surface area contributed by atoms with E-state index in [1.54, 1.807) is 6.08 Å². The number of aromatic amines is 1. The number of hydrogen-bond acceptors (Lipinski definition) is 4. The first-order valence-corrected chi connectivity index (χ1v) is 10.2. The van der Waals surface area contributed by atoms with Crippen molar-refractivity contribution in [1.29, 1.82) is 0 Å². The highest BCUT2D eigenvalue weighted by Crippen LogP contribution is 2.42. The normalized spacial score (nSPS) is 26.4. The van der Waals surface area contributed by atoms with E-state index >= 15 is 4.39 Å². The van der Waals surface area contributed by atoms with E-state index in [1.807, 2.05) is 27.7 Å². The van der Waals surface area contributed by atoms with Gasteiger partial charge in [-0.2, -0.15) is 5.10 Å². The van der Waals surface area contributed by atoms with Crippen molar-refractivity contribution in [3.8, 4) is 0 Å². The minimum absolute atomic E-state index is 0.331. The van der Waals surface area contributed by atoms with Crippen molar-refractivity contribution in [3.05, 3.63) is 22.7 Å². The molecule has 2 aliphatic heterocycles. The van der Waals surface area contributed by atoms with Gasteiger partial charge in [0.15, 0.2) is 0 Å². The molecular formula is C20H30BFN2O3. The van der Waals surface area contributed by atoms with Crippen LogP contribution in [0.4, 0.5) is 4.39 Å². The van der Waals surface area contributed by atoms with Crippen LogP contribution in [0.5, 0.6) is 0 Å². The number of nitrogens with zero attached hydrogens (tertiary/aromatic N) is 1. The van der Waals surface area contributed by atoms with E-state index in [-0.39, 0.29) is 5.73 Å². The first-order chi connectivity index (χ1) is 12.8. The third kappa shape index (κ3) is 3.50. The maximum Gasteiger partial charge on any atom is 0.525 e. The zero-order valence-corrected chi connectivity index (χ0v) is 16.8. The number of aromatic nitrogens is 2. The highest BCUT2D eigenvalue weighted by Gasteiger charge is 2.53. The molecule has 0 radical (unpaired) electrons. The van der Waals surface area contributed by atoms with Crippen LogP contribution in [0.25, 0.3) is 6.08 Å². The quantitative estimate of drug-likeness (QED) is 0.786. The lowest BCUT2D eigenvalue weighted by Crippen LogP contribution is -2.41. The summed E-state index contributed by atoms with van der Waals surface area (Å²) in [6.45, 7) is 9.23. The number of nitrogens with one attached hydrogen (secondary N) is 1. The topological polar surface area (TPSA) is 56.4 Å². The molecule has 0 unspecified atom stereocenters. The standard InChI is InChI=1S/C20H30BFN2O3/c1-19(2)20(3,4)27-21(26-19)16(22)12-15-17(13-6-5-7-13)23-24-18(15)14-8-10-25-11-9-14/h12-14H,5-11H2,1-4H3,(H,23,24). The Kier molecular flexibility index (Phi) is 4.98. The van der Waals surface area contributed by atoms with Crippen LogP contribution in [-0.4, -0.2) is 41.7 Å². The SMILES string of the molecule is CC1(C)OB(C(F)=Cc2c(C3CCC3)n[nH]c2C2CCOCC2)OC1(C)C. The summed E-state index contributed by atoms with van der Waals surface area (Å²) in [6.07, 6.45) is 6.93. The minimum Gasteiger partial charge on any atom is -0.398 e. The molecular weight excluding hydrogens is 346 g/mol. The molecule has 5 nitrogen and oxygen atoms in total. The second-order valence-corrected chi connectivity index (χ2v) is 9.07. The molecule has 3 fully saturated rings. The molecule has 0 spiro atoms. The maximum absolute atomic E-state index is 15.2. The number of hydrogen-bond donors (Lipinski definition) is 1. The minimum atomic E-state index is -0.971. The van der Waals surface area contributed by atoms with Crippen LogP contribution in [0.1, 0.15) is 88.6 Å². The van der Waals surface area contributed by atoms with E-state index in [0.29, 0.717) is 11.8 Å². The molecule has 1 aliphatic carbocycles. The van der Waals surface area contributed by atoms with Crippen molar-refractivity contribution >= 4 is 13.2 Å². The van der Waals surface area contributed by atoms with Crippen molar-refractivity contribution in [2.75, 3.05) is 13.2 Å². The zero-order chi connectivity index (χ0) is 19.2. The molecule has 0 bridgehead atoms. The summed E-state index contributed by atoms with van der Waals surface area (Å²) < 4.78 is 32.5. The Morgan fingerprint density at radius 2 is 1.70 bits per heavy atom. The molecule has 1 aromatic heterocycles. The van der Waals surface area contributed by atoms with E-state index in [4.69, 9.17) is 14.0 Å². The van der Waals surface area contributed by atoms with Gasteiger partial charge in [-0.05, 0) is 59.5 Å². The summed E-state index contributed by atoms with van der Waals surface area (Å²) in [6, 6.07) is 0. The van der Waals surface area contributed by atoms with Gasteiger partial charge in [-0.1, -0.05) is 6.42 Å². The predicted octanol–water partition coefficient (Wildman–Crippen LogP) is 4.51.